The number of nitrogens with zero attached hydrogens (tertiary/aromatic N) is 1. The monoisotopic (exact) mass is 491 g/mol. The molecular weight excluding hydrogens is 466 g/mol. The summed E-state index contributed by atoms with van der Waals surface area (Å²) in [6.07, 6.45) is 0.870. The van der Waals surface area contributed by atoms with E-state index >= 15 is 0 Å². The van der Waals surface area contributed by atoms with E-state index < -0.39 is 17.7 Å². The molecule has 1 aliphatic rings. The fourth-order valence-electron chi connectivity index (χ4n) is 4.04. The first-order chi connectivity index (χ1) is 16.8. The van der Waals surface area contributed by atoms with E-state index in [0.29, 0.717) is 39.9 Å². The zero-order chi connectivity index (χ0) is 25.1. The van der Waals surface area contributed by atoms with Crippen LogP contribution < -0.4 is 14.4 Å². The van der Waals surface area contributed by atoms with Crippen molar-refractivity contribution in [3.05, 3.63) is 94.0 Å². The first-order valence-corrected chi connectivity index (χ1v) is 11.7. The topological polar surface area (TPSA) is 76.1 Å². The summed E-state index contributed by atoms with van der Waals surface area (Å²) in [6.45, 7) is 4.44. The number of carbonyl (C=O) groups is 2. The number of ether oxygens (including phenoxy) is 2. The number of amides is 1. The lowest BCUT2D eigenvalue weighted by Crippen LogP contribution is -2.29. The molecule has 0 radical (unpaired) electrons. The number of halogens is 1. The Hall–Kier alpha value is -3.77. The number of methoxy groups -OCH3 is 1. The maximum Gasteiger partial charge on any atom is 0.300 e. The highest BCUT2D eigenvalue weighted by atomic mass is 35.5. The molecule has 4 rings (SSSR count). The van der Waals surface area contributed by atoms with Gasteiger partial charge in [-0.05, 0) is 73.0 Å². The number of rotatable bonds is 7. The van der Waals surface area contributed by atoms with Gasteiger partial charge in [0.05, 0.1) is 25.3 Å². The van der Waals surface area contributed by atoms with E-state index in [0.717, 1.165) is 12.0 Å². The minimum atomic E-state index is -0.875. The summed E-state index contributed by atoms with van der Waals surface area (Å²) in [7, 11) is 1.54. The summed E-state index contributed by atoms with van der Waals surface area (Å²) in [5.41, 5.74) is 2.31. The Morgan fingerprint density at radius 2 is 1.77 bits per heavy atom. The average Bonchev–Trinajstić information content (AvgIpc) is 3.14. The average molecular weight is 492 g/mol. The standard InChI is InChI=1S/C28H26ClNO5/c1-4-14-35-21-12-9-18(10-13-21)26(31)24-25(19-6-5-7-22(15-19)34-3)30(28(33)27(24)32)20-11-8-17(2)23(29)16-20/h5-13,15-16,25,31H,4,14H2,1-3H3/b26-24+. The molecule has 0 aromatic heterocycles. The summed E-state index contributed by atoms with van der Waals surface area (Å²) in [5.74, 6) is -0.575. The van der Waals surface area contributed by atoms with Gasteiger partial charge in [0.1, 0.15) is 17.3 Å². The van der Waals surface area contributed by atoms with E-state index in [2.05, 4.69) is 0 Å². The highest BCUT2D eigenvalue weighted by Gasteiger charge is 2.47. The van der Waals surface area contributed by atoms with Crippen LogP contribution in [0.4, 0.5) is 5.69 Å². The summed E-state index contributed by atoms with van der Waals surface area (Å²) in [5, 5.41) is 11.7. The van der Waals surface area contributed by atoms with E-state index in [1.54, 1.807) is 66.7 Å². The van der Waals surface area contributed by atoms with Crippen LogP contribution in [-0.2, 0) is 9.59 Å². The number of hydrogen-bond donors (Lipinski definition) is 1. The van der Waals surface area contributed by atoms with Crippen molar-refractivity contribution in [2.75, 3.05) is 18.6 Å². The number of ketones is 1. The third-order valence-electron chi connectivity index (χ3n) is 5.89. The number of anilines is 1. The molecule has 1 fully saturated rings. The lowest BCUT2D eigenvalue weighted by molar-refractivity contribution is -0.132. The van der Waals surface area contributed by atoms with Gasteiger partial charge in [-0.1, -0.05) is 36.7 Å². The molecule has 3 aromatic rings. The molecule has 1 saturated heterocycles. The number of aryl methyl sites for hydroxylation is 1. The van der Waals surface area contributed by atoms with Crippen LogP contribution in [0.15, 0.2) is 72.3 Å². The zero-order valence-corrected chi connectivity index (χ0v) is 20.5. The predicted molar refractivity (Wildman–Crippen MR) is 136 cm³/mol. The summed E-state index contributed by atoms with van der Waals surface area (Å²) in [4.78, 5) is 28.0. The molecule has 3 aromatic carbocycles. The molecule has 1 amide bonds. The molecule has 180 valence electrons. The van der Waals surface area contributed by atoms with Crippen LogP contribution in [0.3, 0.4) is 0 Å². The number of aliphatic hydroxyl groups excluding tert-OH is 1. The van der Waals surface area contributed by atoms with Gasteiger partial charge in [-0.15, -0.1) is 0 Å². The van der Waals surface area contributed by atoms with E-state index in [1.807, 2.05) is 13.8 Å². The van der Waals surface area contributed by atoms with Gasteiger partial charge in [-0.3, -0.25) is 14.5 Å². The van der Waals surface area contributed by atoms with Gasteiger partial charge in [-0.25, -0.2) is 0 Å². The third-order valence-corrected chi connectivity index (χ3v) is 6.30. The van der Waals surface area contributed by atoms with Crippen LogP contribution in [0.5, 0.6) is 11.5 Å². The van der Waals surface area contributed by atoms with E-state index in [1.165, 1.54) is 12.0 Å². The number of benzene rings is 3. The van der Waals surface area contributed by atoms with E-state index in [4.69, 9.17) is 21.1 Å². The van der Waals surface area contributed by atoms with Crippen molar-refractivity contribution in [3.8, 4) is 11.5 Å². The minimum Gasteiger partial charge on any atom is -0.507 e. The van der Waals surface area contributed by atoms with Gasteiger partial charge in [0.15, 0.2) is 0 Å². The Balaban J connectivity index is 1.87. The Morgan fingerprint density at radius 3 is 2.43 bits per heavy atom. The quantitative estimate of drug-likeness (QED) is 0.246. The molecule has 0 spiro atoms. The fraction of sp³-hybridized carbons (Fsp3) is 0.214. The van der Waals surface area contributed by atoms with E-state index in [9.17, 15) is 14.7 Å². The SMILES string of the molecule is CCCOc1ccc(/C(O)=C2\C(=O)C(=O)N(c3ccc(C)c(Cl)c3)C2c2cccc(OC)c2)cc1. The second kappa shape index (κ2) is 10.2. The van der Waals surface area contributed by atoms with Crippen LogP contribution in [0.2, 0.25) is 5.02 Å². The van der Waals surface area contributed by atoms with Crippen molar-refractivity contribution in [1.82, 2.24) is 0 Å². The summed E-state index contributed by atoms with van der Waals surface area (Å²) < 4.78 is 11.0. The zero-order valence-electron chi connectivity index (χ0n) is 19.7. The maximum atomic E-state index is 13.3. The van der Waals surface area contributed by atoms with Crippen molar-refractivity contribution >= 4 is 34.7 Å². The molecule has 1 atom stereocenters. The van der Waals surface area contributed by atoms with Gasteiger partial charge < -0.3 is 14.6 Å². The molecule has 0 aliphatic carbocycles. The molecule has 0 bridgehead atoms. The van der Waals surface area contributed by atoms with Crippen LogP contribution in [0.25, 0.3) is 5.76 Å². The number of aliphatic hydroxyl groups is 1. The van der Waals surface area contributed by atoms with Crippen molar-refractivity contribution in [2.45, 2.75) is 26.3 Å². The second-order valence-corrected chi connectivity index (χ2v) is 8.66. The maximum absolute atomic E-state index is 13.3. The van der Waals surface area contributed by atoms with Crippen molar-refractivity contribution in [2.24, 2.45) is 0 Å². The molecule has 0 saturated carbocycles. The van der Waals surface area contributed by atoms with Crippen LogP contribution in [0.1, 0.15) is 36.1 Å². The van der Waals surface area contributed by atoms with Crippen LogP contribution >= 0.6 is 11.6 Å². The fourth-order valence-corrected chi connectivity index (χ4v) is 4.22. The lowest BCUT2D eigenvalue weighted by Gasteiger charge is -2.26. The van der Waals surface area contributed by atoms with Gasteiger partial charge >= 0.3 is 0 Å². The molecule has 7 heteroatoms. The van der Waals surface area contributed by atoms with Crippen LogP contribution in [-0.4, -0.2) is 30.5 Å². The molecule has 6 nitrogen and oxygen atoms in total. The van der Waals surface area contributed by atoms with Crippen molar-refractivity contribution in [1.29, 1.82) is 0 Å². The summed E-state index contributed by atoms with van der Waals surface area (Å²) >= 11 is 6.35. The van der Waals surface area contributed by atoms with Crippen molar-refractivity contribution < 1.29 is 24.2 Å². The van der Waals surface area contributed by atoms with Gasteiger partial charge in [0.2, 0.25) is 0 Å². The number of carbonyl (C=O) groups excluding carboxylic acids is 2. The Bertz CT molecular complexity index is 1300. The predicted octanol–water partition coefficient (Wildman–Crippen LogP) is 6.07. The molecule has 35 heavy (non-hydrogen) atoms. The molecule has 1 heterocycles. The first kappa shape index (κ1) is 24.4. The smallest absolute Gasteiger partial charge is 0.300 e. The van der Waals surface area contributed by atoms with Crippen LogP contribution in [0, 0.1) is 6.92 Å². The Labute approximate surface area is 209 Å². The normalized spacial score (nSPS) is 17.0. The lowest BCUT2D eigenvalue weighted by atomic mass is 9.95. The van der Waals surface area contributed by atoms with Crippen molar-refractivity contribution in [3.63, 3.8) is 0 Å². The van der Waals surface area contributed by atoms with Gasteiger partial charge in [0.25, 0.3) is 11.7 Å². The van der Waals surface area contributed by atoms with Gasteiger partial charge in [0, 0.05) is 16.3 Å². The second-order valence-electron chi connectivity index (χ2n) is 8.25. The van der Waals surface area contributed by atoms with E-state index in [-0.39, 0.29) is 11.3 Å². The first-order valence-electron chi connectivity index (χ1n) is 11.3. The molecule has 1 aliphatic heterocycles. The highest BCUT2D eigenvalue weighted by Crippen LogP contribution is 2.43. The summed E-state index contributed by atoms with van der Waals surface area (Å²) in [6, 6.07) is 18.2. The number of hydrogen-bond acceptors (Lipinski definition) is 5. The largest absolute Gasteiger partial charge is 0.507 e. The Kier molecular flexibility index (Phi) is 7.12. The highest BCUT2D eigenvalue weighted by molar-refractivity contribution is 6.51. The number of Topliss-reactive ketones (excluding diaryl/α,β-unsaturated/α-hetero) is 1. The third kappa shape index (κ3) is 4.75. The Morgan fingerprint density at radius 1 is 1.03 bits per heavy atom. The van der Waals surface area contributed by atoms with Gasteiger partial charge in [-0.2, -0.15) is 0 Å². The molecule has 1 unspecified atom stereocenters. The molecular formula is C28H26ClNO5. The molecule has 1 N–H and O–H groups in total. The minimum absolute atomic E-state index is 0.0119.